The lowest BCUT2D eigenvalue weighted by molar-refractivity contribution is 0.198. The summed E-state index contributed by atoms with van der Waals surface area (Å²) in [5.74, 6) is 0.778. The summed E-state index contributed by atoms with van der Waals surface area (Å²) in [6, 6.07) is 5.50. The van der Waals surface area contributed by atoms with Crippen LogP contribution in [0.15, 0.2) is 18.3 Å². The molecule has 0 saturated carbocycles. The molecule has 1 aromatic heterocycles. The maximum atomic E-state index is 9.35. The van der Waals surface area contributed by atoms with Crippen LogP contribution in [0.5, 0.6) is 0 Å². The van der Waals surface area contributed by atoms with Gasteiger partial charge in [0.1, 0.15) is 5.82 Å². The van der Waals surface area contributed by atoms with Crippen LogP contribution in [-0.4, -0.2) is 29.3 Å². The van der Waals surface area contributed by atoms with E-state index in [0.717, 1.165) is 18.8 Å². The Labute approximate surface area is 82.4 Å². The lowest BCUT2D eigenvalue weighted by Crippen LogP contribution is -2.22. The fourth-order valence-electron chi connectivity index (χ4n) is 1.61. The van der Waals surface area contributed by atoms with Gasteiger partial charge >= 0.3 is 0 Å². The zero-order valence-electron chi connectivity index (χ0n) is 7.72. The number of nitrogens with zero attached hydrogens (tertiary/aromatic N) is 3. The van der Waals surface area contributed by atoms with E-state index in [1.807, 2.05) is 4.90 Å². The molecule has 0 bridgehead atoms. The number of hydrogen-bond donors (Lipinski definition) is 1. The van der Waals surface area contributed by atoms with Crippen LogP contribution in [0.2, 0.25) is 0 Å². The quantitative estimate of drug-likeness (QED) is 0.699. The predicted molar refractivity (Wildman–Crippen MR) is 51.8 cm³/mol. The van der Waals surface area contributed by atoms with Gasteiger partial charge in [0.25, 0.3) is 0 Å². The lowest BCUT2D eigenvalue weighted by atomic mass is 10.3. The van der Waals surface area contributed by atoms with Crippen molar-refractivity contribution in [3.05, 3.63) is 23.9 Å². The van der Waals surface area contributed by atoms with Crippen molar-refractivity contribution in [2.24, 2.45) is 0 Å². The second-order valence-corrected chi connectivity index (χ2v) is 3.40. The molecule has 1 aliphatic heterocycles. The van der Waals surface area contributed by atoms with Crippen molar-refractivity contribution in [2.75, 3.05) is 18.0 Å². The summed E-state index contributed by atoms with van der Waals surface area (Å²) in [5.41, 5.74) is 0.608. The SMILES string of the molecule is N#Cc1ccnc(N2CC[C@H](O)C2)c1. The van der Waals surface area contributed by atoms with Crippen molar-refractivity contribution in [1.82, 2.24) is 4.98 Å². The van der Waals surface area contributed by atoms with Crippen LogP contribution in [0.25, 0.3) is 0 Å². The van der Waals surface area contributed by atoms with Gasteiger partial charge in [0.05, 0.1) is 17.7 Å². The van der Waals surface area contributed by atoms with Crippen LogP contribution in [0, 0.1) is 11.3 Å². The zero-order valence-corrected chi connectivity index (χ0v) is 7.72. The Morgan fingerprint density at radius 3 is 3.14 bits per heavy atom. The Bertz CT molecular complexity index is 372. The smallest absolute Gasteiger partial charge is 0.129 e. The number of nitriles is 1. The molecule has 0 amide bonds. The first-order chi connectivity index (χ1) is 6.79. The van der Waals surface area contributed by atoms with Gasteiger partial charge in [-0.3, -0.25) is 0 Å². The van der Waals surface area contributed by atoms with Crippen molar-refractivity contribution < 1.29 is 5.11 Å². The highest BCUT2D eigenvalue weighted by Crippen LogP contribution is 2.18. The number of aromatic nitrogens is 1. The van der Waals surface area contributed by atoms with E-state index in [-0.39, 0.29) is 6.10 Å². The van der Waals surface area contributed by atoms with E-state index >= 15 is 0 Å². The third-order valence-electron chi connectivity index (χ3n) is 2.36. The van der Waals surface area contributed by atoms with E-state index in [2.05, 4.69) is 11.1 Å². The molecule has 0 unspecified atom stereocenters. The largest absolute Gasteiger partial charge is 0.391 e. The number of aliphatic hydroxyl groups is 1. The molecule has 0 radical (unpaired) electrons. The maximum absolute atomic E-state index is 9.35. The van der Waals surface area contributed by atoms with Gasteiger partial charge < -0.3 is 10.0 Å². The van der Waals surface area contributed by atoms with Crippen LogP contribution in [-0.2, 0) is 0 Å². The molecular weight excluding hydrogens is 178 g/mol. The normalized spacial score (nSPS) is 20.9. The molecule has 1 atom stereocenters. The summed E-state index contributed by atoms with van der Waals surface area (Å²) in [5, 5.41) is 18.1. The summed E-state index contributed by atoms with van der Waals surface area (Å²) < 4.78 is 0. The first kappa shape index (κ1) is 8.97. The van der Waals surface area contributed by atoms with Gasteiger partial charge in [-0.05, 0) is 18.6 Å². The minimum absolute atomic E-state index is 0.262. The lowest BCUT2D eigenvalue weighted by Gasteiger charge is -2.15. The molecule has 4 heteroatoms. The van der Waals surface area contributed by atoms with E-state index in [9.17, 15) is 5.11 Å². The molecule has 0 aromatic carbocycles. The van der Waals surface area contributed by atoms with Crippen LogP contribution in [0.3, 0.4) is 0 Å². The van der Waals surface area contributed by atoms with Gasteiger partial charge in [-0.25, -0.2) is 4.98 Å². The van der Waals surface area contributed by atoms with Gasteiger partial charge in [0.2, 0.25) is 0 Å². The van der Waals surface area contributed by atoms with Crippen LogP contribution in [0.4, 0.5) is 5.82 Å². The standard InChI is InChI=1S/C10H11N3O/c11-6-8-1-3-12-10(5-8)13-4-2-9(14)7-13/h1,3,5,9,14H,2,4,7H2/t9-/m0/s1. The highest BCUT2D eigenvalue weighted by molar-refractivity contribution is 5.45. The number of hydrogen-bond acceptors (Lipinski definition) is 4. The van der Waals surface area contributed by atoms with Gasteiger partial charge in [-0.1, -0.05) is 0 Å². The number of aliphatic hydroxyl groups excluding tert-OH is 1. The van der Waals surface area contributed by atoms with Crippen molar-refractivity contribution >= 4 is 5.82 Å². The molecule has 1 aliphatic rings. The van der Waals surface area contributed by atoms with E-state index in [1.165, 1.54) is 0 Å². The molecule has 72 valence electrons. The third-order valence-corrected chi connectivity index (χ3v) is 2.36. The molecule has 1 N–H and O–H groups in total. The third kappa shape index (κ3) is 1.68. The van der Waals surface area contributed by atoms with Gasteiger partial charge in [-0.2, -0.15) is 5.26 Å². The summed E-state index contributed by atoms with van der Waals surface area (Å²) in [6.07, 6.45) is 2.14. The van der Waals surface area contributed by atoms with E-state index < -0.39 is 0 Å². The minimum Gasteiger partial charge on any atom is -0.391 e. The second-order valence-electron chi connectivity index (χ2n) is 3.40. The monoisotopic (exact) mass is 189 g/mol. The summed E-state index contributed by atoms with van der Waals surface area (Å²) >= 11 is 0. The maximum Gasteiger partial charge on any atom is 0.129 e. The molecule has 1 aromatic rings. The highest BCUT2D eigenvalue weighted by atomic mass is 16.3. The predicted octanol–water partition coefficient (Wildman–Crippen LogP) is 0.524. The highest BCUT2D eigenvalue weighted by Gasteiger charge is 2.21. The summed E-state index contributed by atoms with van der Waals surface area (Å²) in [6.45, 7) is 1.42. The molecule has 14 heavy (non-hydrogen) atoms. The minimum atomic E-state index is -0.262. The van der Waals surface area contributed by atoms with Gasteiger partial charge in [0.15, 0.2) is 0 Å². The summed E-state index contributed by atoms with van der Waals surface area (Å²) in [4.78, 5) is 6.16. The van der Waals surface area contributed by atoms with Crippen LogP contribution >= 0.6 is 0 Å². The Hall–Kier alpha value is -1.60. The molecule has 2 heterocycles. The van der Waals surface area contributed by atoms with E-state index in [1.54, 1.807) is 18.3 Å². The molecule has 0 spiro atoms. The van der Waals surface area contributed by atoms with Crippen molar-refractivity contribution in [1.29, 1.82) is 5.26 Å². The number of pyridine rings is 1. The fourth-order valence-corrected chi connectivity index (χ4v) is 1.61. The number of β-amino-alcohol motifs (C(OH)–C–C–N with tert-alkyl or cyclic N) is 1. The van der Waals surface area contributed by atoms with Crippen LogP contribution < -0.4 is 4.90 Å². The molecule has 1 fully saturated rings. The first-order valence-corrected chi connectivity index (χ1v) is 4.59. The molecule has 4 nitrogen and oxygen atoms in total. The Balaban J connectivity index is 2.20. The van der Waals surface area contributed by atoms with Crippen molar-refractivity contribution in [2.45, 2.75) is 12.5 Å². The van der Waals surface area contributed by atoms with Crippen molar-refractivity contribution in [3.63, 3.8) is 0 Å². The molecule has 1 saturated heterocycles. The van der Waals surface area contributed by atoms with E-state index in [4.69, 9.17) is 5.26 Å². The fraction of sp³-hybridized carbons (Fsp3) is 0.400. The molecular formula is C10H11N3O. The Morgan fingerprint density at radius 2 is 2.50 bits per heavy atom. The summed E-state index contributed by atoms with van der Waals surface area (Å²) in [7, 11) is 0. The zero-order chi connectivity index (χ0) is 9.97. The van der Waals surface area contributed by atoms with E-state index in [0.29, 0.717) is 12.1 Å². The topological polar surface area (TPSA) is 60.2 Å². The average molecular weight is 189 g/mol. The average Bonchev–Trinajstić information content (AvgIpc) is 2.65. The van der Waals surface area contributed by atoms with Gasteiger partial charge in [-0.15, -0.1) is 0 Å². The van der Waals surface area contributed by atoms with Crippen molar-refractivity contribution in [3.8, 4) is 6.07 Å². The first-order valence-electron chi connectivity index (χ1n) is 4.59. The number of anilines is 1. The number of rotatable bonds is 1. The molecule has 2 rings (SSSR count). The second kappa shape index (κ2) is 3.64. The van der Waals surface area contributed by atoms with Gasteiger partial charge in [0, 0.05) is 19.3 Å². The Morgan fingerprint density at radius 1 is 1.64 bits per heavy atom. The Kier molecular flexibility index (Phi) is 2.33. The van der Waals surface area contributed by atoms with Crippen LogP contribution in [0.1, 0.15) is 12.0 Å². The molecule has 0 aliphatic carbocycles.